The van der Waals surface area contributed by atoms with E-state index in [0.29, 0.717) is 59.5 Å². The van der Waals surface area contributed by atoms with Crippen molar-refractivity contribution in [2.24, 2.45) is 49.3 Å². The number of rotatable bonds is 29. The van der Waals surface area contributed by atoms with Crippen molar-refractivity contribution < 1.29 is 43.2 Å². The van der Waals surface area contributed by atoms with Crippen LogP contribution in [0.2, 0.25) is 0 Å². The van der Waals surface area contributed by atoms with Crippen molar-refractivity contribution in [1.82, 2.24) is 62.8 Å². The van der Waals surface area contributed by atoms with E-state index in [1.165, 1.54) is 30.3 Å². The minimum atomic E-state index is -0.538. The van der Waals surface area contributed by atoms with Crippen molar-refractivity contribution in [3.05, 3.63) is 179 Å². The number of benzene rings is 1. The first-order valence-corrected chi connectivity index (χ1v) is 31.3. The van der Waals surface area contributed by atoms with Gasteiger partial charge in [0.2, 0.25) is 11.7 Å². The van der Waals surface area contributed by atoms with Crippen LogP contribution in [0.5, 0.6) is 0 Å². The molecule has 0 saturated heterocycles. The van der Waals surface area contributed by atoms with Gasteiger partial charge in [0.15, 0.2) is 0 Å². The molecule has 0 unspecified atom stereocenters. The number of carbonyl (C=O) groups excluding carboxylic acids is 9. The Bertz CT molecular complexity index is 4490. The summed E-state index contributed by atoms with van der Waals surface area (Å²) in [5.41, 5.74) is 6.63. The summed E-state index contributed by atoms with van der Waals surface area (Å²) < 4.78 is 10.9. The predicted molar refractivity (Wildman–Crippen MR) is 376 cm³/mol. The van der Waals surface area contributed by atoms with E-state index in [-0.39, 0.29) is 77.0 Å². The average molecular weight is 1340 g/mol. The number of aromatic nitrogens is 9. The number of amides is 9. The molecule has 0 atom stereocenters. The van der Waals surface area contributed by atoms with Crippen LogP contribution in [0, 0.1) is 0 Å². The molecule has 10 N–H and O–H groups in total. The lowest BCUT2D eigenvalue weighted by molar-refractivity contribution is -0.120. The highest BCUT2D eigenvalue weighted by Crippen LogP contribution is 2.24. The van der Waals surface area contributed by atoms with Crippen molar-refractivity contribution in [2.45, 2.75) is 19.3 Å². The molecule has 0 aliphatic carbocycles. The normalized spacial score (nSPS) is 11.1. The van der Waals surface area contributed by atoms with E-state index in [1.807, 2.05) is 74.4 Å². The Morgan fingerprint density at radius 3 is 1.24 bits per heavy atom. The zero-order chi connectivity index (χ0) is 70.5. The summed E-state index contributed by atoms with van der Waals surface area (Å²) in [6.07, 6.45) is 18.0. The fourth-order valence-corrected chi connectivity index (χ4v) is 10.5. The lowest BCUT2D eigenvalue weighted by Crippen LogP contribution is -2.32. The second kappa shape index (κ2) is 31.4. The molecule has 30 heteroatoms. The SMILES string of the molecule is CN(C)CCCNC(=O)CCNC(=O)c1cc(NC(=O)c2cc(NC(=O)c3cc(NC(=O)c4nc(NCCCNC(=O)c5cc(NC(=O)c6cc(NC(=O)c7cc(NC(=O)c8cc(/C=C/c9ccc(N(C)C)cc9)ccn8)cn7C)cn6C)cn5C)cn4C)cn3C)cn2C)cn1C. The summed E-state index contributed by atoms with van der Waals surface area (Å²) >= 11 is 0. The zero-order valence-electron chi connectivity index (χ0n) is 56.5. The summed E-state index contributed by atoms with van der Waals surface area (Å²) in [4.78, 5) is 132. The van der Waals surface area contributed by atoms with Crippen LogP contribution in [-0.2, 0) is 54.1 Å². The minimum Gasteiger partial charge on any atom is -0.378 e. The summed E-state index contributed by atoms with van der Waals surface area (Å²) in [5.74, 6) is -3.42. The van der Waals surface area contributed by atoms with Gasteiger partial charge in [-0.05, 0) is 105 Å². The highest BCUT2D eigenvalue weighted by atomic mass is 16.2. The van der Waals surface area contributed by atoms with Crippen LogP contribution in [-0.4, -0.2) is 161 Å². The smallest absolute Gasteiger partial charge is 0.291 e. The quantitative estimate of drug-likeness (QED) is 0.0240. The molecule has 9 amide bonds. The van der Waals surface area contributed by atoms with Gasteiger partial charge in [0.25, 0.3) is 47.3 Å². The van der Waals surface area contributed by atoms with Crippen molar-refractivity contribution in [3.8, 4) is 0 Å². The average Bonchev–Trinajstić information content (AvgIpc) is 1.67. The Kier molecular flexibility index (Phi) is 22.4. The number of pyridine rings is 1. The van der Waals surface area contributed by atoms with Gasteiger partial charge in [-0.25, -0.2) is 4.98 Å². The maximum absolute atomic E-state index is 13.6. The van der Waals surface area contributed by atoms with Gasteiger partial charge in [-0.1, -0.05) is 24.3 Å². The number of hydrogen-bond donors (Lipinski definition) is 10. The van der Waals surface area contributed by atoms with E-state index in [9.17, 15) is 43.2 Å². The monoisotopic (exact) mass is 1340 g/mol. The Morgan fingerprint density at radius 2 is 0.806 bits per heavy atom. The van der Waals surface area contributed by atoms with E-state index in [1.54, 1.807) is 149 Å². The molecule has 98 heavy (non-hydrogen) atoms. The van der Waals surface area contributed by atoms with Crippen LogP contribution in [0.1, 0.15) is 114 Å². The molecule has 0 fully saturated rings. The van der Waals surface area contributed by atoms with Gasteiger partial charge in [-0.2, -0.15) is 0 Å². The Morgan fingerprint density at radius 1 is 0.408 bits per heavy atom. The van der Waals surface area contributed by atoms with Crippen LogP contribution in [0.15, 0.2) is 122 Å². The minimum absolute atomic E-state index is 0.0839. The molecule has 0 aliphatic rings. The molecular formula is C68H81N21O9. The third-order valence-corrected chi connectivity index (χ3v) is 15.6. The van der Waals surface area contributed by atoms with Crippen molar-refractivity contribution in [1.29, 1.82) is 0 Å². The molecule has 512 valence electrons. The molecule has 0 bridgehead atoms. The first-order valence-electron chi connectivity index (χ1n) is 31.3. The zero-order valence-corrected chi connectivity index (χ0v) is 56.5. The highest BCUT2D eigenvalue weighted by molar-refractivity contribution is 6.10. The molecule has 8 aromatic heterocycles. The number of aryl methyl sites for hydroxylation is 7. The molecule has 9 aromatic rings. The van der Waals surface area contributed by atoms with Crippen LogP contribution in [0.25, 0.3) is 12.2 Å². The number of nitrogens with zero attached hydrogens (tertiary/aromatic N) is 11. The maximum atomic E-state index is 13.6. The van der Waals surface area contributed by atoms with E-state index in [4.69, 9.17) is 0 Å². The molecule has 0 saturated carbocycles. The molecule has 0 spiro atoms. The van der Waals surface area contributed by atoms with Gasteiger partial charge < -0.3 is 94.9 Å². The lowest BCUT2D eigenvalue weighted by atomic mass is 10.1. The topological polar surface area (TPSA) is 341 Å². The van der Waals surface area contributed by atoms with Crippen LogP contribution in [0.3, 0.4) is 0 Å². The van der Waals surface area contributed by atoms with Crippen LogP contribution in [0.4, 0.5) is 45.6 Å². The van der Waals surface area contributed by atoms with E-state index in [2.05, 4.69) is 63.1 Å². The maximum Gasteiger partial charge on any atom is 0.291 e. The van der Waals surface area contributed by atoms with Gasteiger partial charge in [0, 0.05) is 151 Å². The van der Waals surface area contributed by atoms with Gasteiger partial charge in [-0.15, -0.1) is 0 Å². The van der Waals surface area contributed by atoms with Crippen molar-refractivity contribution >= 4 is 111 Å². The van der Waals surface area contributed by atoms with E-state index >= 15 is 0 Å². The standard InChI is InChI=1S/C68H81N21O9/c1-81(2)27-13-24-71-59(90)21-26-73-63(93)53-30-46(37-84(53)6)76-66(96)56-33-48(39-87(56)9)78-67(97)57-34-49(40-88(57)10)79-68(98)60-80-58(41-89(60)11)70-22-12-23-72-62(92)52-29-45(36-83(52)5)75-65(95)55-32-47(38-86(55)8)77-64(94)54-31-44(35-85(54)7)74-61(91)51-28-43(20-25-69-51)15-14-42-16-18-50(19-17-42)82(3)4/h14-20,25,28-41,70H,12-13,21-24,26-27H2,1-11H3,(H,71,90)(H,72,92)(H,73,93)(H,74,91)(H,75,95)(H,76,96)(H,77,94)(H,78,97)(H,79,98)/b15-14+. The Labute approximate surface area is 565 Å². The van der Waals surface area contributed by atoms with Crippen molar-refractivity contribution in [3.63, 3.8) is 0 Å². The number of anilines is 8. The fraction of sp³-hybridized carbons (Fsp3) is 0.279. The summed E-state index contributed by atoms with van der Waals surface area (Å²) in [6.45, 7) is 2.20. The first kappa shape index (κ1) is 70.1. The van der Waals surface area contributed by atoms with Gasteiger partial charge in [0.1, 0.15) is 45.7 Å². The summed E-state index contributed by atoms with van der Waals surface area (Å²) in [5, 5.41) is 28.5. The molecule has 0 aliphatic heterocycles. The summed E-state index contributed by atoms with van der Waals surface area (Å²) in [6, 6.07) is 20.7. The molecular weight excluding hydrogens is 1250 g/mol. The van der Waals surface area contributed by atoms with Gasteiger partial charge in [0.05, 0.1) is 34.1 Å². The van der Waals surface area contributed by atoms with E-state index in [0.717, 1.165) is 29.8 Å². The second-order valence-corrected chi connectivity index (χ2v) is 24.0. The predicted octanol–water partition coefficient (Wildman–Crippen LogP) is 6.02. The summed E-state index contributed by atoms with van der Waals surface area (Å²) in [7, 11) is 19.5. The molecule has 1 aromatic carbocycles. The third-order valence-electron chi connectivity index (χ3n) is 15.6. The second-order valence-electron chi connectivity index (χ2n) is 24.0. The Hall–Kier alpha value is -12.2. The molecule has 0 radical (unpaired) electrons. The van der Waals surface area contributed by atoms with E-state index < -0.39 is 41.4 Å². The molecule has 30 nitrogen and oxygen atoms in total. The van der Waals surface area contributed by atoms with Crippen LogP contribution < -0.4 is 58.1 Å². The number of hydrogen-bond acceptors (Lipinski definition) is 14. The van der Waals surface area contributed by atoms with Gasteiger partial charge >= 0.3 is 0 Å². The molecule has 8 heterocycles. The van der Waals surface area contributed by atoms with Gasteiger partial charge in [-0.3, -0.25) is 48.1 Å². The number of nitrogens with one attached hydrogen (secondary N) is 10. The number of imidazole rings is 1. The third kappa shape index (κ3) is 18.2. The molecule has 9 rings (SSSR count). The largest absolute Gasteiger partial charge is 0.378 e. The first-order chi connectivity index (χ1) is 46.7. The fourth-order valence-electron chi connectivity index (χ4n) is 10.5. The number of carbonyl (C=O) groups is 9. The van der Waals surface area contributed by atoms with Crippen LogP contribution >= 0.6 is 0 Å². The van der Waals surface area contributed by atoms with Crippen molar-refractivity contribution in [2.75, 3.05) is 103 Å². The Balaban J connectivity index is 0.684. The lowest BCUT2D eigenvalue weighted by Gasteiger charge is -2.11. The highest BCUT2D eigenvalue weighted by Gasteiger charge is 2.23.